The molecule has 25 heavy (non-hydrogen) atoms. The molecule has 0 bridgehead atoms. The normalized spacial score (nSPS) is 11.6. The summed E-state index contributed by atoms with van der Waals surface area (Å²) < 4.78 is 0. The lowest BCUT2D eigenvalue weighted by atomic mass is 10.2. The minimum Gasteiger partial charge on any atom is -0.324 e. The minimum absolute atomic E-state index is 0.321. The van der Waals surface area contributed by atoms with Crippen molar-refractivity contribution < 1.29 is 4.79 Å². The van der Waals surface area contributed by atoms with E-state index in [1.165, 1.54) is 4.80 Å². The Morgan fingerprint density at radius 2 is 2.08 bits per heavy atom. The fourth-order valence-electron chi connectivity index (χ4n) is 2.16. The molecule has 0 aliphatic rings. The van der Waals surface area contributed by atoms with Gasteiger partial charge in [-0.2, -0.15) is 10.1 Å². The summed E-state index contributed by atoms with van der Waals surface area (Å²) in [4.78, 5) is 13.6. The summed E-state index contributed by atoms with van der Waals surface area (Å²) in [7, 11) is 0. The van der Waals surface area contributed by atoms with Crippen LogP contribution >= 0.6 is 11.6 Å². The first-order valence-electron chi connectivity index (χ1n) is 7.44. The number of benzene rings is 2. The van der Waals surface area contributed by atoms with Crippen molar-refractivity contribution in [3.8, 4) is 17.5 Å². The number of hydrogen-bond acceptors (Lipinski definition) is 5. The van der Waals surface area contributed by atoms with Crippen LogP contribution < -0.4 is 5.32 Å². The molecular formula is C17H13ClN6O. The number of nitrogens with zero attached hydrogens (tertiary/aromatic N) is 5. The molecule has 1 N–H and O–H groups in total. The molecule has 7 nitrogen and oxygen atoms in total. The Balaban J connectivity index is 1.77. The van der Waals surface area contributed by atoms with Gasteiger partial charge in [0, 0.05) is 11.3 Å². The molecule has 8 heteroatoms. The first kappa shape index (κ1) is 16.6. The summed E-state index contributed by atoms with van der Waals surface area (Å²) in [6.45, 7) is 1.65. The number of anilines is 1. The number of nitrogens with one attached hydrogen (secondary N) is 1. The molecule has 3 aromatic rings. The number of halogens is 1. The van der Waals surface area contributed by atoms with Gasteiger partial charge < -0.3 is 5.32 Å². The Morgan fingerprint density at radius 1 is 1.28 bits per heavy atom. The third-order valence-corrected chi connectivity index (χ3v) is 3.86. The summed E-state index contributed by atoms with van der Waals surface area (Å²) in [6.07, 6.45) is 0. The van der Waals surface area contributed by atoms with Gasteiger partial charge in [0.05, 0.1) is 16.7 Å². The third kappa shape index (κ3) is 3.65. The molecule has 0 saturated heterocycles. The predicted octanol–water partition coefficient (Wildman–Crippen LogP) is 3.06. The molecule has 2 aromatic carbocycles. The molecule has 0 spiro atoms. The Labute approximate surface area is 148 Å². The average molecular weight is 353 g/mol. The maximum atomic E-state index is 12.4. The van der Waals surface area contributed by atoms with E-state index >= 15 is 0 Å². The fraction of sp³-hybridized carbons (Fsp3) is 0.118. The number of tetrazole rings is 1. The van der Waals surface area contributed by atoms with Crippen LogP contribution in [-0.4, -0.2) is 26.1 Å². The van der Waals surface area contributed by atoms with Crippen LogP contribution in [0.4, 0.5) is 5.69 Å². The van der Waals surface area contributed by atoms with Crippen molar-refractivity contribution in [2.75, 3.05) is 5.32 Å². The van der Waals surface area contributed by atoms with Crippen molar-refractivity contribution in [3.63, 3.8) is 0 Å². The van der Waals surface area contributed by atoms with Gasteiger partial charge in [0.1, 0.15) is 6.04 Å². The molecule has 1 aromatic heterocycles. The molecule has 1 atom stereocenters. The van der Waals surface area contributed by atoms with Crippen molar-refractivity contribution in [1.82, 2.24) is 20.2 Å². The van der Waals surface area contributed by atoms with E-state index in [2.05, 4.69) is 20.7 Å². The predicted molar refractivity (Wildman–Crippen MR) is 92.8 cm³/mol. The monoisotopic (exact) mass is 352 g/mol. The summed E-state index contributed by atoms with van der Waals surface area (Å²) in [5.74, 6) is 0.0231. The van der Waals surface area contributed by atoms with Crippen LogP contribution in [0, 0.1) is 11.3 Å². The van der Waals surface area contributed by atoms with Gasteiger partial charge in [-0.1, -0.05) is 29.8 Å². The van der Waals surface area contributed by atoms with Gasteiger partial charge in [-0.15, -0.1) is 10.2 Å². The van der Waals surface area contributed by atoms with Crippen molar-refractivity contribution in [3.05, 3.63) is 59.1 Å². The van der Waals surface area contributed by atoms with Crippen LogP contribution in [-0.2, 0) is 4.79 Å². The summed E-state index contributed by atoms with van der Waals surface area (Å²) in [5, 5.41) is 24.3. The molecule has 3 rings (SSSR count). The SMILES string of the molecule is C[C@@H](C(=O)Nc1cccc(C#N)c1)n1nnc(-c2ccccc2Cl)n1. The number of nitriles is 1. The third-order valence-electron chi connectivity index (χ3n) is 3.53. The topological polar surface area (TPSA) is 96.5 Å². The number of amides is 1. The minimum atomic E-state index is -0.686. The molecule has 0 unspecified atom stereocenters. The second-order valence-corrected chi connectivity index (χ2v) is 5.68. The Hall–Kier alpha value is -3.24. The molecule has 0 fully saturated rings. The first-order valence-corrected chi connectivity index (χ1v) is 7.81. The van der Waals surface area contributed by atoms with E-state index in [9.17, 15) is 4.79 Å². The highest BCUT2D eigenvalue weighted by atomic mass is 35.5. The second-order valence-electron chi connectivity index (χ2n) is 5.27. The lowest BCUT2D eigenvalue weighted by molar-refractivity contribution is -0.119. The molecule has 124 valence electrons. The number of aromatic nitrogens is 4. The van der Waals surface area contributed by atoms with Gasteiger partial charge in [-0.3, -0.25) is 4.79 Å². The van der Waals surface area contributed by atoms with E-state index in [0.29, 0.717) is 27.7 Å². The van der Waals surface area contributed by atoms with Crippen LogP contribution in [0.5, 0.6) is 0 Å². The lowest BCUT2D eigenvalue weighted by Crippen LogP contribution is -2.25. The summed E-state index contributed by atoms with van der Waals surface area (Å²) in [5.41, 5.74) is 1.64. The van der Waals surface area contributed by atoms with Crippen LogP contribution in [0.2, 0.25) is 5.02 Å². The van der Waals surface area contributed by atoms with Crippen molar-refractivity contribution >= 4 is 23.2 Å². The standard InChI is InChI=1S/C17H13ClN6O/c1-11(17(25)20-13-6-4-5-12(9-13)10-19)24-22-16(21-23-24)14-7-2-3-8-15(14)18/h2-9,11H,1H3,(H,20,25)/t11-/m0/s1. The molecule has 1 amide bonds. The smallest absolute Gasteiger partial charge is 0.250 e. The molecular weight excluding hydrogens is 340 g/mol. The Morgan fingerprint density at radius 3 is 2.84 bits per heavy atom. The zero-order chi connectivity index (χ0) is 17.8. The van der Waals surface area contributed by atoms with Gasteiger partial charge in [-0.05, 0) is 42.5 Å². The van der Waals surface area contributed by atoms with Crippen molar-refractivity contribution in [1.29, 1.82) is 5.26 Å². The largest absolute Gasteiger partial charge is 0.324 e. The van der Waals surface area contributed by atoms with Crippen molar-refractivity contribution in [2.24, 2.45) is 0 Å². The highest BCUT2D eigenvalue weighted by Crippen LogP contribution is 2.24. The van der Waals surface area contributed by atoms with Gasteiger partial charge in [0.15, 0.2) is 0 Å². The zero-order valence-electron chi connectivity index (χ0n) is 13.2. The fourth-order valence-corrected chi connectivity index (χ4v) is 2.38. The van der Waals surface area contributed by atoms with Gasteiger partial charge in [-0.25, -0.2) is 0 Å². The molecule has 1 heterocycles. The quantitative estimate of drug-likeness (QED) is 0.778. The Bertz CT molecular complexity index is 962. The Kier molecular flexibility index (Phi) is 4.73. The van der Waals surface area contributed by atoms with Crippen LogP contribution in [0.1, 0.15) is 18.5 Å². The second kappa shape index (κ2) is 7.11. The highest BCUT2D eigenvalue weighted by Gasteiger charge is 2.19. The van der Waals surface area contributed by atoms with E-state index in [0.717, 1.165) is 0 Å². The maximum absolute atomic E-state index is 12.4. The lowest BCUT2D eigenvalue weighted by Gasteiger charge is -2.10. The zero-order valence-corrected chi connectivity index (χ0v) is 14.0. The van der Waals surface area contributed by atoms with E-state index in [1.807, 2.05) is 18.2 Å². The molecule has 0 radical (unpaired) electrons. The van der Waals surface area contributed by atoms with Gasteiger partial charge in [0.25, 0.3) is 5.91 Å². The number of carbonyl (C=O) groups excluding carboxylic acids is 1. The molecule has 0 saturated carbocycles. The summed E-state index contributed by atoms with van der Waals surface area (Å²) in [6, 6.07) is 15.1. The van der Waals surface area contributed by atoms with E-state index in [-0.39, 0.29) is 5.91 Å². The van der Waals surface area contributed by atoms with Crippen molar-refractivity contribution in [2.45, 2.75) is 13.0 Å². The molecule has 0 aliphatic carbocycles. The summed E-state index contributed by atoms with van der Waals surface area (Å²) >= 11 is 6.12. The van der Waals surface area contributed by atoms with E-state index < -0.39 is 6.04 Å². The molecule has 0 aliphatic heterocycles. The van der Waals surface area contributed by atoms with Crippen LogP contribution in [0.15, 0.2) is 48.5 Å². The van der Waals surface area contributed by atoms with Crippen LogP contribution in [0.25, 0.3) is 11.4 Å². The maximum Gasteiger partial charge on any atom is 0.250 e. The number of rotatable bonds is 4. The van der Waals surface area contributed by atoms with E-state index in [1.54, 1.807) is 43.3 Å². The van der Waals surface area contributed by atoms with Gasteiger partial charge in [0.2, 0.25) is 5.82 Å². The van der Waals surface area contributed by atoms with E-state index in [4.69, 9.17) is 16.9 Å². The average Bonchev–Trinajstić information content (AvgIpc) is 3.11. The van der Waals surface area contributed by atoms with Crippen LogP contribution in [0.3, 0.4) is 0 Å². The number of carbonyl (C=O) groups is 1. The highest BCUT2D eigenvalue weighted by molar-refractivity contribution is 6.33. The first-order chi connectivity index (χ1) is 12.1. The van der Waals surface area contributed by atoms with Gasteiger partial charge >= 0.3 is 0 Å². The number of hydrogen-bond donors (Lipinski definition) is 1.